The summed E-state index contributed by atoms with van der Waals surface area (Å²) in [6.07, 6.45) is 0. The van der Waals surface area contributed by atoms with Crippen molar-refractivity contribution in [2.24, 2.45) is 0 Å². The third-order valence-electron chi connectivity index (χ3n) is 9.28. The molecule has 1 heterocycles. The lowest BCUT2D eigenvalue weighted by atomic mass is 9.99. The van der Waals surface area contributed by atoms with Gasteiger partial charge in [-0.3, -0.25) is 0 Å². The van der Waals surface area contributed by atoms with E-state index in [1.165, 1.54) is 33.0 Å². The lowest BCUT2D eigenvalue weighted by Gasteiger charge is -2.27. The summed E-state index contributed by atoms with van der Waals surface area (Å²) in [7, 11) is 0. The van der Waals surface area contributed by atoms with Crippen molar-refractivity contribution in [3.63, 3.8) is 0 Å². The second-order valence-corrected chi connectivity index (χ2v) is 12.2. The molecule has 0 N–H and O–H groups in total. The lowest BCUT2D eigenvalue weighted by molar-refractivity contribution is 0.670. The van der Waals surface area contributed by atoms with E-state index in [-0.39, 0.29) is 0 Å². The lowest BCUT2D eigenvalue weighted by Crippen LogP contribution is -2.10. The molecular weight excluding hydrogens is 583 g/mol. The van der Waals surface area contributed by atoms with Crippen LogP contribution in [0.5, 0.6) is 0 Å². The van der Waals surface area contributed by atoms with Crippen molar-refractivity contribution in [3.8, 4) is 33.4 Å². The van der Waals surface area contributed by atoms with Gasteiger partial charge in [-0.15, -0.1) is 0 Å². The van der Waals surface area contributed by atoms with Crippen molar-refractivity contribution < 1.29 is 4.42 Å². The van der Waals surface area contributed by atoms with Gasteiger partial charge in [-0.05, 0) is 69.6 Å². The zero-order valence-corrected chi connectivity index (χ0v) is 26.3. The van der Waals surface area contributed by atoms with Crippen molar-refractivity contribution >= 4 is 49.8 Å². The minimum Gasteiger partial charge on any atom is -0.455 e. The minimum atomic E-state index is 0.906. The first kappa shape index (κ1) is 27.9. The van der Waals surface area contributed by atoms with Crippen molar-refractivity contribution in [1.82, 2.24) is 0 Å². The van der Waals surface area contributed by atoms with E-state index in [1.54, 1.807) is 0 Å². The fourth-order valence-electron chi connectivity index (χ4n) is 6.91. The van der Waals surface area contributed by atoms with E-state index in [0.717, 1.165) is 50.1 Å². The predicted molar refractivity (Wildman–Crippen MR) is 202 cm³/mol. The summed E-state index contributed by atoms with van der Waals surface area (Å²) in [6, 6.07) is 66.9. The molecule has 9 rings (SSSR count). The molecule has 0 atom stereocenters. The average Bonchev–Trinajstić information content (AvgIpc) is 3.55. The first-order valence-corrected chi connectivity index (χ1v) is 16.3. The van der Waals surface area contributed by atoms with Gasteiger partial charge < -0.3 is 9.32 Å². The van der Waals surface area contributed by atoms with Gasteiger partial charge >= 0.3 is 0 Å². The molecule has 0 amide bonds. The summed E-state index contributed by atoms with van der Waals surface area (Å²) in [5, 5.41) is 4.67. The van der Waals surface area contributed by atoms with Gasteiger partial charge in [0, 0.05) is 33.1 Å². The molecular formula is C46H31NO. The van der Waals surface area contributed by atoms with Crippen LogP contribution in [0.15, 0.2) is 192 Å². The molecule has 0 radical (unpaired) electrons. The largest absolute Gasteiger partial charge is 0.455 e. The molecule has 226 valence electrons. The Morgan fingerprint density at radius 3 is 1.71 bits per heavy atom. The Balaban J connectivity index is 1.15. The predicted octanol–water partition coefficient (Wildman–Crippen LogP) is 13.2. The van der Waals surface area contributed by atoms with E-state index in [1.807, 2.05) is 12.1 Å². The number of nitrogens with zero attached hydrogens (tertiary/aromatic N) is 1. The maximum Gasteiger partial charge on any atom is 0.143 e. The van der Waals surface area contributed by atoms with Gasteiger partial charge in [-0.25, -0.2) is 0 Å². The van der Waals surface area contributed by atoms with Crippen LogP contribution in [0.1, 0.15) is 0 Å². The van der Waals surface area contributed by atoms with E-state index in [0.29, 0.717) is 0 Å². The van der Waals surface area contributed by atoms with Gasteiger partial charge in [0.2, 0.25) is 0 Å². The second-order valence-electron chi connectivity index (χ2n) is 12.2. The van der Waals surface area contributed by atoms with Gasteiger partial charge in [-0.2, -0.15) is 0 Å². The molecule has 0 bridgehead atoms. The van der Waals surface area contributed by atoms with Crippen molar-refractivity contribution in [1.29, 1.82) is 0 Å². The average molecular weight is 614 g/mol. The Kier molecular flexibility index (Phi) is 6.84. The van der Waals surface area contributed by atoms with Crippen LogP contribution in [-0.4, -0.2) is 0 Å². The Morgan fingerprint density at radius 2 is 0.917 bits per heavy atom. The highest BCUT2D eigenvalue weighted by Crippen LogP contribution is 2.42. The molecule has 0 aliphatic heterocycles. The molecule has 0 aliphatic rings. The number of furan rings is 1. The van der Waals surface area contributed by atoms with E-state index >= 15 is 0 Å². The Labute approximate surface area is 279 Å². The molecule has 2 heteroatoms. The number of fused-ring (bicyclic) bond motifs is 4. The van der Waals surface area contributed by atoms with Gasteiger partial charge in [0.1, 0.15) is 11.2 Å². The smallest absolute Gasteiger partial charge is 0.143 e. The van der Waals surface area contributed by atoms with Crippen LogP contribution >= 0.6 is 0 Å². The Hall–Kier alpha value is -6.38. The standard InChI is InChI=1S/C46H31NO/c1-2-11-32(12-3-1)33-23-25-34(26-24-33)35-27-29-38(30-28-35)47(44-21-9-14-36-13-4-5-17-40(36)44)39-16-8-15-37(31-39)41-19-10-20-43-42-18-6-7-22-45(42)48-46(41)43/h1-31H. The maximum atomic E-state index is 6.44. The monoisotopic (exact) mass is 613 g/mol. The molecule has 48 heavy (non-hydrogen) atoms. The zero-order valence-electron chi connectivity index (χ0n) is 26.3. The maximum absolute atomic E-state index is 6.44. The molecule has 0 saturated carbocycles. The zero-order chi connectivity index (χ0) is 31.9. The highest BCUT2D eigenvalue weighted by atomic mass is 16.3. The summed E-state index contributed by atoms with van der Waals surface area (Å²) in [6.45, 7) is 0. The van der Waals surface area contributed by atoms with E-state index in [9.17, 15) is 0 Å². The van der Waals surface area contributed by atoms with Crippen molar-refractivity contribution in [2.75, 3.05) is 4.90 Å². The number of benzene rings is 8. The Morgan fingerprint density at radius 1 is 0.354 bits per heavy atom. The number of para-hydroxylation sites is 2. The minimum absolute atomic E-state index is 0.906. The number of hydrogen-bond acceptors (Lipinski definition) is 2. The second kappa shape index (κ2) is 11.8. The van der Waals surface area contributed by atoms with Gasteiger partial charge in [-0.1, -0.05) is 152 Å². The first-order chi connectivity index (χ1) is 23.8. The topological polar surface area (TPSA) is 16.4 Å². The van der Waals surface area contributed by atoms with Crippen LogP contribution in [0, 0.1) is 0 Å². The molecule has 1 aromatic heterocycles. The normalized spacial score (nSPS) is 11.3. The quantitative estimate of drug-likeness (QED) is 0.185. The molecule has 0 aliphatic carbocycles. The number of anilines is 3. The third kappa shape index (κ3) is 4.92. The molecule has 0 fully saturated rings. The van der Waals surface area contributed by atoms with Crippen LogP contribution in [0.2, 0.25) is 0 Å². The van der Waals surface area contributed by atoms with Crippen LogP contribution in [0.4, 0.5) is 17.1 Å². The fourth-order valence-corrected chi connectivity index (χ4v) is 6.91. The van der Waals surface area contributed by atoms with Gasteiger partial charge in [0.15, 0.2) is 0 Å². The molecule has 9 aromatic rings. The fraction of sp³-hybridized carbons (Fsp3) is 0. The number of hydrogen-bond donors (Lipinski definition) is 0. The molecule has 0 saturated heterocycles. The van der Waals surface area contributed by atoms with E-state index in [2.05, 4.69) is 181 Å². The summed E-state index contributed by atoms with van der Waals surface area (Å²) in [4.78, 5) is 2.37. The summed E-state index contributed by atoms with van der Waals surface area (Å²) >= 11 is 0. The summed E-state index contributed by atoms with van der Waals surface area (Å²) < 4.78 is 6.44. The molecule has 2 nitrogen and oxygen atoms in total. The highest BCUT2D eigenvalue weighted by Gasteiger charge is 2.18. The molecule has 0 unspecified atom stereocenters. The Bertz CT molecular complexity index is 2540. The summed E-state index contributed by atoms with van der Waals surface area (Å²) in [5.41, 5.74) is 12.1. The SMILES string of the molecule is c1ccc(-c2ccc(-c3ccc(N(c4cccc(-c5cccc6c5oc5ccccc56)c4)c4cccc5ccccc45)cc3)cc2)cc1. The third-order valence-corrected chi connectivity index (χ3v) is 9.28. The molecule has 8 aromatic carbocycles. The van der Waals surface area contributed by atoms with E-state index < -0.39 is 0 Å². The first-order valence-electron chi connectivity index (χ1n) is 16.3. The van der Waals surface area contributed by atoms with Crippen molar-refractivity contribution in [3.05, 3.63) is 188 Å². The van der Waals surface area contributed by atoms with Crippen LogP contribution < -0.4 is 4.90 Å². The van der Waals surface area contributed by atoms with Crippen LogP contribution in [-0.2, 0) is 0 Å². The molecule has 0 spiro atoms. The highest BCUT2D eigenvalue weighted by molar-refractivity contribution is 6.09. The number of rotatable bonds is 6. The van der Waals surface area contributed by atoms with Crippen LogP contribution in [0.25, 0.3) is 66.1 Å². The van der Waals surface area contributed by atoms with Gasteiger partial charge in [0.05, 0.1) is 5.69 Å². The summed E-state index contributed by atoms with van der Waals surface area (Å²) in [5.74, 6) is 0. The van der Waals surface area contributed by atoms with Gasteiger partial charge in [0.25, 0.3) is 0 Å². The van der Waals surface area contributed by atoms with Crippen molar-refractivity contribution in [2.45, 2.75) is 0 Å². The van der Waals surface area contributed by atoms with Crippen LogP contribution in [0.3, 0.4) is 0 Å². The van der Waals surface area contributed by atoms with E-state index in [4.69, 9.17) is 4.42 Å².